The molecule has 0 bridgehead atoms. The number of thiazole rings is 1. The van der Waals surface area contributed by atoms with Crippen molar-refractivity contribution in [3.8, 4) is 0 Å². The molecule has 0 radical (unpaired) electrons. The largest absolute Gasteiger partial charge is 0.310 e. The van der Waals surface area contributed by atoms with E-state index in [1.807, 2.05) is 0 Å². The Hall–Kier alpha value is -0.710. The molecule has 1 unspecified atom stereocenters. The molecule has 2 nitrogen and oxygen atoms in total. The van der Waals surface area contributed by atoms with Crippen molar-refractivity contribution in [3.63, 3.8) is 0 Å². The first-order valence-electron chi connectivity index (χ1n) is 6.50. The third-order valence-electron chi connectivity index (χ3n) is 3.13. The number of likely N-dealkylation sites (N-methyl/N-ethyl adjacent to an activating group) is 1. The maximum absolute atomic E-state index is 4.57. The summed E-state index contributed by atoms with van der Waals surface area (Å²) in [5.74, 6) is 0. The van der Waals surface area contributed by atoms with Gasteiger partial charge in [0.05, 0.1) is 10.7 Å². The number of hydrogen-bond acceptors (Lipinski definition) is 3. The van der Waals surface area contributed by atoms with Crippen LogP contribution in [0.2, 0.25) is 0 Å². The maximum atomic E-state index is 4.57. The highest BCUT2D eigenvalue weighted by molar-refractivity contribution is 9.10. The van der Waals surface area contributed by atoms with Gasteiger partial charge in [0.1, 0.15) is 0 Å². The molecule has 2 aromatic rings. The van der Waals surface area contributed by atoms with Crippen LogP contribution < -0.4 is 5.32 Å². The van der Waals surface area contributed by atoms with E-state index in [1.54, 1.807) is 11.3 Å². The number of aryl methyl sites for hydroxylation is 2. The highest BCUT2D eigenvalue weighted by Gasteiger charge is 2.13. The Morgan fingerprint density at radius 2 is 2.16 bits per heavy atom. The van der Waals surface area contributed by atoms with E-state index in [0.717, 1.165) is 18.0 Å². The van der Waals surface area contributed by atoms with Gasteiger partial charge in [0.15, 0.2) is 0 Å². The molecule has 0 fully saturated rings. The summed E-state index contributed by atoms with van der Waals surface area (Å²) in [5, 5.41) is 6.84. The van der Waals surface area contributed by atoms with E-state index in [1.165, 1.54) is 21.3 Å². The average Bonchev–Trinajstić information content (AvgIpc) is 2.78. The van der Waals surface area contributed by atoms with Crippen LogP contribution in [-0.4, -0.2) is 11.5 Å². The standard InChI is InChI=1S/C15H19BrN2S/c1-4-17-15(8-13-9-19-11(3)18-13)12-6-5-10(2)14(16)7-12/h5-7,9,15,17H,4,8H2,1-3H3. The van der Waals surface area contributed by atoms with Crippen LogP contribution in [0.5, 0.6) is 0 Å². The van der Waals surface area contributed by atoms with Crippen LogP contribution in [0.4, 0.5) is 0 Å². The molecule has 0 aliphatic rings. The maximum Gasteiger partial charge on any atom is 0.0897 e. The van der Waals surface area contributed by atoms with Crippen LogP contribution in [0.1, 0.15) is 34.8 Å². The number of rotatable bonds is 5. The molecule has 0 saturated heterocycles. The zero-order chi connectivity index (χ0) is 13.8. The van der Waals surface area contributed by atoms with E-state index < -0.39 is 0 Å². The van der Waals surface area contributed by atoms with Crippen LogP contribution >= 0.6 is 27.3 Å². The Kier molecular flexibility index (Phi) is 5.13. The van der Waals surface area contributed by atoms with Gasteiger partial charge in [-0.3, -0.25) is 0 Å². The Balaban J connectivity index is 2.21. The first-order valence-corrected chi connectivity index (χ1v) is 8.18. The van der Waals surface area contributed by atoms with E-state index in [2.05, 4.69) is 70.6 Å². The zero-order valence-electron chi connectivity index (χ0n) is 11.5. The number of nitrogens with one attached hydrogen (secondary N) is 1. The van der Waals surface area contributed by atoms with Gasteiger partial charge in [-0.05, 0) is 37.6 Å². The number of benzene rings is 1. The van der Waals surface area contributed by atoms with Crippen molar-refractivity contribution in [2.45, 2.75) is 33.2 Å². The molecular weight excluding hydrogens is 320 g/mol. The molecule has 4 heteroatoms. The minimum absolute atomic E-state index is 0.323. The summed E-state index contributed by atoms with van der Waals surface area (Å²) in [7, 11) is 0. The highest BCUT2D eigenvalue weighted by atomic mass is 79.9. The first-order chi connectivity index (χ1) is 9.10. The lowest BCUT2D eigenvalue weighted by molar-refractivity contribution is 0.544. The van der Waals surface area contributed by atoms with Crippen molar-refractivity contribution in [2.24, 2.45) is 0 Å². The van der Waals surface area contributed by atoms with Crippen LogP contribution in [0, 0.1) is 13.8 Å². The van der Waals surface area contributed by atoms with E-state index in [-0.39, 0.29) is 0 Å². The number of aromatic nitrogens is 1. The summed E-state index contributed by atoms with van der Waals surface area (Å²) in [5.41, 5.74) is 3.75. The quantitative estimate of drug-likeness (QED) is 0.872. The lowest BCUT2D eigenvalue weighted by Crippen LogP contribution is -2.23. The van der Waals surface area contributed by atoms with Crippen LogP contribution in [0.3, 0.4) is 0 Å². The minimum Gasteiger partial charge on any atom is -0.310 e. The Morgan fingerprint density at radius 1 is 1.37 bits per heavy atom. The predicted molar refractivity (Wildman–Crippen MR) is 85.9 cm³/mol. The van der Waals surface area contributed by atoms with Gasteiger partial charge in [0, 0.05) is 22.3 Å². The van der Waals surface area contributed by atoms with Crippen LogP contribution in [0.25, 0.3) is 0 Å². The molecule has 1 heterocycles. The minimum atomic E-state index is 0.323. The van der Waals surface area contributed by atoms with E-state index in [4.69, 9.17) is 0 Å². The number of halogens is 1. The zero-order valence-corrected chi connectivity index (χ0v) is 13.9. The van der Waals surface area contributed by atoms with E-state index in [0.29, 0.717) is 6.04 Å². The molecule has 1 atom stereocenters. The van der Waals surface area contributed by atoms with Crippen molar-refractivity contribution in [2.75, 3.05) is 6.54 Å². The van der Waals surface area contributed by atoms with Gasteiger partial charge in [-0.25, -0.2) is 4.98 Å². The van der Waals surface area contributed by atoms with Gasteiger partial charge < -0.3 is 5.32 Å². The Morgan fingerprint density at radius 3 is 2.74 bits per heavy atom. The molecule has 0 amide bonds. The van der Waals surface area contributed by atoms with Crippen molar-refractivity contribution >= 4 is 27.3 Å². The molecule has 102 valence electrons. The molecule has 2 rings (SSSR count). The summed E-state index contributed by atoms with van der Waals surface area (Å²) < 4.78 is 1.17. The monoisotopic (exact) mass is 338 g/mol. The Bertz CT molecular complexity index is 551. The number of hydrogen-bond donors (Lipinski definition) is 1. The van der Waals surface area contributed by atoms with Gasteiger partial charge in [-0.1, -0.05) is 35.0 Å². The molecule has 0 aliphatic heterocycles. The van der Waals surface area contributed by atoms with Crippen LogP contribution in [0.15, 0.2) is 28.1 Å². The summed E-state index contributed by atoms with van der Waals surface area (Å²) in [4.78, 5) is 4.57. The second-order valence-electron chi connectivity index (χ2n) is 4.68. The third-order valence-corrected chi connectivity index (χ3v) is 4.81. The van der Waals surface area contributed by atoms with Crippen molar-refractivity contribution in [3.05, 3.63) is 49.9 Å². The summed E-state index contributed by atoms with van der Waals surface area (Å²) >= 11 is 5.33. The molecule has 1 aromatic heterocycles. The van der Waals surface area contributed by atoms with Crippen molar-refractivity contribution < 1.29 is 0 Å². The third kappa shape index (κ3) is 3.88. The van der Waals surface area contributed by atoms with Gasteiger partial charge >= 0.3 is 0 Å². The molecule has 1 N–H and O–H groups in total. The van der Waals surface area contributed by atoms with Crippen LogP contribution in [-0.2, 0) is 6.42 Å². The molecular formula is C15H19BrN2S. The van der Waals surface area contributed by atoms with Crippen molar-refractivity contribution in [1.29, 1.82) is 0 Å². The van der Waals surface area contributed by atoms with Gasteiger partial charge in [0.25, 0.3) is 0 Å². The molecule has 0 saturated carbocycles. The van der Waals surface area contributed by atoms with Gasteiger partial charge in [-0.2, -0.15) is 0 Å². The van der Waals surface area contributed by atoms with Crippen molar-refractivity contribution in [1.82, 2.24) is 10.3 Å². The lowest BCUT2D eigenvalue weighted by atomic mass is 10.0. The van der Waals surface area contributed by atoms with Gasteiger partial charge in [-0.15, -0.1) is 11.3 Å². The fourth-order valence-corrected chi connectivity index (χ4v) is 3.11. The summed E-state index contributed by atoms with van der Waals surface area (Å²) in [6, 6.07) is 6.90. The average molecular weight is 339 g/mol. The SMILES string of the molecule is CCNC(Cc1csc(C)n1)c1ccc(C)c(Br)c1. The van der Waals surface area contributed by atoms with E-state index >= 15 is 0 Å². The van der Waals surface area contributed by atoms with Gasteiger partial charge in [0.2, 0.25) is 0 Å². The summed E-state index contributed by atoms with van der Waals surface area (Å²) in [6.45, 7) is 7.26. The fraction of sp³-hybridized carbons (Fsp3) is 0.400. The normalized spacial score (nSPS) is 12.6. The summed E-state index contributed by atoms with van der Waals surface area (Å²) in [6.07, 6.45) is 0.938. The molecule has 19 heavy (non-hydrogen) atoms. The second-order valence-corrected chi connectivity index (χ2v) is 6.60. The molecule has 0 spiro atoms. The molecule has 1 aromatic carbocycles. The topological polar surface area (TPSA) is 24.9 Å². The molecule has 0 aliphatic carbocycles. The van der Waals surface area contributed by atoms with E-state index in [9.17, 15) is 0 Å². The number of nitrogens with zero attached hydrogens (tertiary/aromatic N) is 1. The second kappa shape index (κ2) is 6.64. The smallest absolute Gasteiger partial charge is 0.0897 e. The fourth-order valence-electron chi connectivity index (χ4n) is 2.09. The first kappa shape index (κ1) is 14.7. The Labute approximate surface area is 127 Å². The lowest BCUT2D eigenvalue weighted by Gasteiger charge is -2.18. The highest BCUT2D eigenvalue weighted by Crippen LogP contribution is 2.24. The predicted octanol–water partition coefficient (Wildman–Crippen LogP) is 4.42.